The van der Waals surface area contributed by atoms with Gasteiger partial charge in [0.2, 0.25) is 0 Å². The fraction of sp³-hybridized carbons (Fsp3) is 0.267. The zero-order valence-corrected chi connectivity index (χ0v) is 10.7. The van der Waals surface area contributed by atoms with Crippen LogP contribution in [0.1, 0.15) is 30.6 Å². The predicted molar refractivity (Wildman–Crippen MR) is 73.9 cm³/mol. The Hall–Kier alpha value is -2.03. The Bertz CT molecular complexity index is 536. The van der Waals surface area contributed by atoms with Gasteiger partial charge in [0.15, 0.2) is 5.78 Å². The Morgan fingerprint density at radius 2 is 1.72 bits per heavy atom. The zero-order valence-electron chi connectivity index (χ0n) is 10.7. The SMILES string of the molecule is CC1(C)CC(C(=O)c2ccc(N)cc2)=CC=C1N. The first-order chi connectivity index (χ1) is 8.40. The highest BCUT2D eigenvalue weighted by atomic mass is 16.1. The van der Waals surface area contributed by atoms with Crippen LogP contribution >= 0.6 is 0 Å². The molecule has 0 radical (unpaired) electrons. The van der Waals surface area contributed by atoms with E-state index in [0.717, 1.165) is 11.3 Å². The summed E-state index contributed by atoms with van der Waals surface area (Å²) < 4.78 is 0. The van der Waals surface area contributed by atoms with Crippen molar-refractivity contribution in [3.8, 4) is 0 Å². The van der Waals surface area contributed by atoms with Gasteiger partial charge in [0.1, 0.15) is 0 Å². The van der Waals surface area contributed by atoms with Gasteiger partial charge in [0, 0.05) is 27.9 Å². The first kappa shape index (κ1) is 12.4. The first-order valence-electron chi connectivity index (χ1n) is 5.97. The monoisotopic (exact) mass is 242 g/mol. The van der Waals surface area contributed by atoms with Crippen molar-refractivity contribution in [3.05, 3.63) is 53.3 Å². The van der Waals surface area contributed by atoms with Crippen LogP contribution in [-0.4, -0.2) is 5.78 Å². The van der Waals surface area contributed by atoms with Gasteiger partial charge < -0.3 is 11.5 Å². The maximum atomic E-state index is 12.3. The van der Waals surface area contributed by atoms with Crippen LogP contribution in [0.2, 0.25) is 0 Å². The van der Waals surface area contributed by atoms with Crippen molar-refractivity contribution >= 4 is 11.5 Å². The molecule has 1 aliphatic rings. The molecule has 0 saturated heterocycles. The number of hydrogen-bond donors (Lipinski definition) is 2. The first-order valence-corrected chi connectivity index (χ1v) is 5.97. The summed E-state index contributed by atoms with van der Waals surface area (Å²) in [7, 11) is 0. The van der Waals surface area contributed by atoms with Crippen molar-refractivity contribution in [2.75, 3.05) is 5.73 Å². The minimum absolute atomic E-state index is 0.0480. The van der Waals surface area contributed by atoms with Gasteiger partial charge in [-0.15, -0.1) is 0 Å². The van der Waals surface area contributed by atoms with E-state index in [1.807, 2.05) is 26.0 Å². The third kappa shape index (κ3) is 2.30. The van der Waals surface area contributed by atoms with Gasteiger partial charge in [-0.1, -0.05) is 19.9 Å². The van der Waals surface area contributed by atoms with Crippen molar-refractivity contribution in [2.45, 2.75) is 20.3 Å². The zero-order chi connectivity index (χ0) is 13.3. The molecule has 3 heteroatoms. The van der Waals surface area contributed by atoms with Crippen LogP contribution in [0, 0.1) is 5.41 Å². The molecule has 1 aromatic rings. The standard InChI is InChI=1S/C15H18N2O/c1-15(2)9-11(5-8-13(15)17)14(18)10-3-6-12(16)7-4-10/h3-8H,9,16-17H2,1-2H3. The van der Waals surface area contributed by atoms with Crippen LogP contribution in [0.5, 0.6) is 0 Å². The summed E-state index contributed by atoms with van der Waals surface area (Å²) >= 11 is 0. The highest BCUT2D eigenvalue weighted by Gasteiger charge is 2.28. The second-order valence-electron chi connectivity index (χ2n) is 5.33. The number of nitrogens with two attached hydrogens (primary N) is 2. The molecule has 0 amide bonds. The molecule has 0 aromatic heterocycles. The van der Waals surface area contributed by atoms with E-state index < -0.39 is 0 Å². The number of Topliss-reactive ketones (excluding diaryl/α,β-unsaturated/α-hetero) is 1. The predicted octanol–water partition coefficient (Wildman–Crippen LogP) is 2.65. The van der Waals surface area contributed by atoms with Crippen molar-refractivity contribution in [1.82, 2.24) is 0 Å². The molecule has 4 N–H and O–H groups in total. The molecule has 2 rings (SSSR count). The van der Waals surface area contributed by atoms with E-state index in [9.17, 15) is 4.79 Å². The normalized spacial score (nSPS) is 17.9. The average Bonchev–Trinajstić information content (AvgIpc) is 2.33. The second kappa shape index (κ2) is 4.33. The van der Waals surface area contributed by atoms with Gasteiger partial charge in [0.25, 0.3) is 0 Å². The molecule has 18 heavy (non-hydrogen) atoms. The molecule has 0 bridgehead atoms. The van der Waals surface area contributed by atoms with Gasteiger partial charge in [-0.25, -0.2) is 0 Å². The molecule has 0 aliphatic heterocycles. The summed E-state index contributed by atoms with van der Waals surface area (Å²) in [5, 5.41) is 0. The van der Waals surface area contributed by atoms with Crippen LogP contribution in [0.3, 0.4) is 0 Å². The number of carbonyl (C=O) groups excluding carboxylic acids is 1. The lowest BCUT2D eigenvalue weighted by molar-refractivity contribution is 0.102. The Kier molecular flexibility index (Phi) is 2.99. The molecule has 0 heterocycles. The molecular weight excluding hydrogens is 224 g/mol. The minimum atomic E-state index is -0.159. The van der Waals surface area contributed by atoms with Crippen LogP contribution in [0.4, 0.5) is 5.69 Å². The summed E-state index contributed by atoms with van der Waals surface area (Å²) in [6, 6.07) is 7.00. The van der Waals surface area contributed by atoms with E-state index in [4.69, 9.17) is 11.5 Å². The lowest BCUT2D eigenvalue weighted by Gasteiger charge is -2.29. The number of rotatable bonds is 2. The van der Waals surface area contributed by atoms with Crippen molar-refractivity contribution in [2.24, 2.45) is 11.1 Å². The Morgan fingerprint density at radius 1 is 1.11 bits per heavy atom. The van der Waals surface area contributed by atoms with E-state index in [-0.39, 0.29) is 11.2 Å². The second-order valence-corrected chi connectivity index (χ2v) is 5.33. The molecule has 1 aliphatic carbocycles. The molecule has 0 atom stereocenters. The van der Waals surface area contributed by atoms with Gasteiger partial charge in [-0.2, -0.15) is 0 Å². The third-order valence-electron chi connectivity index (χ3n) is 3.34. The maximum absolute atomic E-state index is 12.3. The maximum Gasteiger partial charge on any atom is 0.189 e. The Labute approximate surface area is 107 Å². The van der Waals surface area contributed by atoms with E-state index in [0.29, 0.717) is 17.7 Å². The van der Waals surface area contributed by atoms with Crippen molar-refractivity contribution < 1.29 is 4.79 Å². The van der Waals surface area contributed by atoms with Crippen LogP contribution in [0.15, 0.2) is 47.7 Å². The molecule has 0 fully saturated rings. The molecule has 0 spiro atoms. The fourth-order valence-electron chi connectivity index (χ4n) is 2.03. The highest BCUT2D eigenvalue weighted by Crippen LogP contribution is 2.35. The molecule has 3 nitrogen and oxygen atoms in total. The summed E-state index contributed by atoms with van der Waals surface area (Å²) in [6.45, 7) is 4.09. The van der Waals surface area contributed by atoms with E-state index >= 15 is 0 Å². The molecule has 0 unspecified atom stereocenters. The number of carbonyl (C=O) groups is 1. The smallest absolute Gasteiger partial charge is 0.189 e. The third-order valence-corrected chi connectivity index (χ3v) is 3.34. The summed E-state index contributed by atoms with van der Waals surface area (Å²) in [5.74, 6) is 0.0480. The molecule has 0 saturated carbocycles. The highest BCUT2D eigenvalue weighted by molar-refractivity contribution is 6.09. The van der Waals surface area contributed by atoms with Gasteiger partial charge >= 0.3 is 0 Å². The quantitative estimate of drug-likeness (QED) is 0.618. The van der Waals surface area contributed by atoms with Gasteiger partial charge in [-0.3, -0.25) is 4.79 Å². The molecule has 94 valence electrons. The van der Waals surface area contributed by atoms with Gasteiger partial charge in [0.05, 0.1) is 0 Å². The van der Waals surface area contributed by atoms with E-state index in [1.54, 1.807) is 24.3 Å². The molecule has 1 aromatic carbocycles. The Morgan fingerprint density at radius 3 is 2.28 bits per heavy atom. The average molecular weight is 242 g/mol. The summed E-state index contributed by atoms with van der Waals surface area (Å²) in [4.78, 5) is 12.3. The number of benzene rings is 1. The lowest BCUT2D eigenvalue weighted by atomic mass is 9.77. The summed E-state index contributed by atoms with van der Waals surface area (Å²) in [6.07, 6.45) is 4.31. The van der Waals surface area contributed by atoms with Crippen molar-refractivity contribution in [1.29, 1.82) is 0 Å². The van der Waals surface area contributed by atoms with Crippen molar-refractivity contribution in [3.63, 3.8) is 0 Å². The lowest BCUT2D eigenvalue weighted by Crippen LogP contribution is -2.26. The van der Waals surface area contributed by atoms with Crippen LogP contribution in [0.25, 0.3) is 0 Å². The number of anilines is 1. The topological polar surface area (TPSA) is 69.1 Å². The molecular formula is C15H18N2O. The summed E-state index contributed by atoms with van der Waals surface area (Å²) in [5.41, 5.74) is 14.3. The Balaban J connectivity index is 2.28. The number of hydrogen-bond acceptors (Lipinski definition) is 3. The van der Waals surface area contributed by atoms with Crippen LogP contribution < -0.4 is 11.5 Å². The van der Waals surface area contributed by atoms with Crippen LogP contribution in [-0.2, 0) is 0 Å². The largest absolute Gasteiger partial charge is 0.402 e. The van der Waals surface area contributed by atoms with Gasteiger partial charge in [-0.05, 0) is 36.8 Å². The number of ketones is 1. The number of allylic oxidation sites excluding steroid dienone is 4. The fourth-order valence-corrected chi connectivity index (χ4v) is 2.03. The number of nitrogen functional groups attached to an aromatic ring is 1. The minimum Gasteiger partial charge on any atom is -0.402 e. The van der Waals surface area contributed by atoms with E-state index in [1.165, 1.54) is 0 Å². The van der Waals surface area contributed by atoms with E-state index in [2.05, 4.69) is 0 Å².